The van der Waals surface area contributed by atoms with E-state index in [1.807, 2.05) is 18.2 Å². The van der Waals surface area contributed by atoms with Crippen LogP contribution in [0.2, 0.25) is 0 Å². The van der Waals surface area contributed by atoms with Gasteiger partial charge in [-0.1, -0.05) is 62.1 Å². The molecule has 26 heavy (non-hydrogen) atoms. The van der Waals surface area contributed by atoms with Crippen molar-refractivity contribution in [1.29, 1.82) is 0 Å². The molecule has 0 unspecified atom stereocenters. The summed E-state index contributed by atoms with van der Waals surface area (Å²) in [5.41, 5.74) is 2.18. The summed E-state index contributed by atoms with van der Waals surface area (Å²) in [6, 6.07) is 8.07. The molecule has 5 nitrogen and oxygen atoms in total. The third kappa shape index (κ3) is 4.38. The summed E-state index contributed by atoms with van der Waals surface area (Å²) < 4.78 is 0.384. The first-order chi connectivity index (χ1) is 12.4. The zero-order chi connectivity index (χ0) is 18.7. The number of rotatable bonds is 5. The molecule has 1 aliphatic rings. The lowest BCUT2D eigenvalue weighted by atomic mass is 10.0. The van der Waals surface area contributed by atoms with Gasteiger partial charge >= 0.3 is 0 Å². The average molecular weight is 404 g/mol. The smallest absolute Gasteiger partial charge is 0.266 e. The minimum absolute atomic E-state index is 0.117. The van der Waals surface area contributed by atoms with Gasteiger partial charge in [-0.05, 0) is 23.1 Å². The van der Waals surface area contributed by atoms with Crippen molar-refractivity contribution in [2.45, 2.75) is 19.8 Å². The SMILES string of the molecule is CC(C)c1ccc(/C=C2\SC(=S)N(CC(=O)Nc3nccs3)C2=O)cc1. The molecule has 1 aromatic carbocycles. The van der Waals surface area contributed by atoms with Gasteiger partial charge in [0.25, 0.3) is 5.91 Å². The summed E-state index contributed by atoms with van der Waals surface area (Å²) in [6.45, 7) is 4.15. The summed E-state index contributed by atoms with van der Waals surface area (Å²) in [4.78, 5) is 30.5. The van der Waals surface area contributed by atoms with Gasteiger partial charge in [-0.3, -0.25) is 14.5 Å². The summed E-state index contributed by atoms with van der Waals surface area (Å²) in [6.07, 6.45) is 3.41. The van der Waals surface area contributed by atoms with Crippen LogP contribution in [0.3, 0.4) is 0 Å². The van der Waals surface area contributed by atoms with Crippen molar-refractivity contribution >= 4 is 62.7 Å². The number of hydrogen-bond donors (Lipinski definition) is 1. The van der Waals surface area contributed by atoms with Crippen LogP contribution < -0.4 is 5.32 Å². The fourth-order valence-electron chi connectivity index (χ4n) is 2.35. The van der Waals surface area contributed by atoms with Crippen molar-refractivity contribution < 1.29 is 9.59 Å². The Kier molecular flexibility index (Phi) is 5.85. The van der Waals surface area contributed by atoms with Gasteiger partial charge in [-0.25, -0.2) is 4.98 Å². The van der Waals surface area contributed by atoms with Gasteiger partial charge in [-0.2, -0.15) is 0 Å². The van der Waals surface area contributed by atoms with Crippen molar-refractivity contribution in [2.75, 3.05) is 11.9 Å². The van der Waals surface area contributed by atoms with Crippen LogP contribution in [0.1, 0.15) is 30.9 Å². The van der Waals surface area contributed by atoms with Gasteiger partial charge in [0, 0.05) is 11.6 Å². The zero-order valence-corrected chi connectivity index (χ0v) is 16.7. The van der Waals surface area contributed by atoms with Crippen molar-refractivity contribution in [2.24, 2.45) is 0 Å². The first kappa shape index (κ1) is 18.8. The third-order valence-electron chi connectivity index (χ3n) is 3.75. The highest BCUT2D eigenvalue weighted by atomic mass is 32.2. The van der Waals surface area contributed by atoms with Crippen LogP contribution in [-0.4, -0.2) is 32.6 Å². The molecule has 0 atom stereocenters. The van der Waals surface area contributed by atoms with Crippen molar-refractivity contribution in [3.05, 3.63) is 51.9 Å². The number of carbonyl (C=O) groups excluding carboxylic acids is 2. The van der Waals surface area contributed by atoms with Crippen LogP contribution in [-0.2, 0) is 9.59 Å². The maximum atomic E-state index is 12.6. The monoisotopic (exact) mass is 403 g/mol. The Bertz CT molecular complexity index is 858. The molecule has 1 fully saturated rings. The average Bonchev–Trinajstić information content (AvgIpc) is 3.19. The van der Waals surface area contributed by atoms with Crippen LogP contribution in [0.4, 0.5) is 5.13 Å². The maximum Gasteiger partial charge on any atom is 0.266 e. The topological polar surface area (TPSA) is 62.3 Å². The highest BCUT2D eigenvalue weighted by Gasteiger charge is 2.33. The van der Waals surface area contributed by atoms with Crippen molar-refractivity contribution in [3.8, 4) is 0 Å². The number of amides is 2. The molecule has 1 saturated heterocycles. The second kappa shape index (κ2) is 8.11. The predicted octanol–water partition coefficient (Wildman–Crippen LogP) is 4.11. The number of thiazole rings is 1. The van der Waals surface area contributed by atoms with Gasteiger partial charge in [-0.15, -0.1) is 11.3 Å². The summed E-state index contributed by atoms with van der Waals surface area (Å²) >= 11 is 7.80. The molecule has 8 heteroatoms. The van der Waals surface area contributed by atoms with Crippen LogP contribution in [0.25, 0.3) is 6.08 Å². The Morgan fingerprint density at radius 3 is 2.69 bits per heavy atom. The largest absolute Gasteiger partial charge is 0.300 e. The quantitative estimate of drug-likeness (QED) is 0.601. The highest BCUT2D eigenvalue weighted by Crippen LogP contribution is 2.32. The van der Waals surface area contributed by atoms with E-state index in [-0.39, 0.29) is 18.4 Å². The number of nitrogens with one attached hydrogen (secondary N) is 1. The number of benzene rings is 1. The van der Waals surface area contributed by atoms with E-state index in [1.165, 1.54) is 33.6 Å². The molecule has 2 aromatic rings. The second-order valence-electron chi connectivity index (χ2n) is 5.97. The van der Waals surface area contributed by atoms with E-state index in [0.29, 0.717) is 20.3 Å². The molecule has 2 amide bonds. The molecule has 0 radical (unpaired) electrons. The lowest BCUT2D eigenvalue weighted by Crippen LogP contribution is -2.36. The standard InChI is InChI=1S/C18H17N3O2S3/c1-11(2)13-5-3-12(4-6-13)9-14-16(23)21(18(24)26-14)10-15(22)20-17-19-7-8-25-17/h3-9,11H,10H2,1-2H3,(H,19,20,22)/b14-9-. The van der Waals surface area contributed by atoms with Crippen LogP contribution >= 0.6 is 35.3 Å². The predicted molar refractivity (Wildman–Crippen MR) is 111 cm³/mol. The van der Waals surface area contributed by atoms with Gasteiger partial charge in [0.1, 0.15) is 10.9 Å². The Morgan fingerprint density at radius 2 is 2.08 bits per heavy atom. The zero-order valence-electron chi connectivity index (χ0n) is 14.3. The molecular weight excluding hydrogens is 386 g/mol. The minimum Gasteiger partial charge on any atom is -0.300 e. The number of aromatic nitrogens is 1. The summed E-state index contributed by atoms with van der Waals surface area (Å²) in [7, 11) is 0. The number of thiocarbonyl (C=S) groups is 1. The van der Waals surface area contributed by atoms with E-state index in [1.54, 1.807) is 11.6 Å². The third-order valence-corrected chi connectivity index (χ3v) is 5.82. The number of hydrogen-bond acceptors (Lipinski definition) is 6. The molecule has 2 heterocycles. The highest BCUT2D eigenvalue weighted by molar-refractivity contribution is 8.26. The number of anilines is 1. The van der Waals surface area contributed by atoms with E-state index in [2.05, 4.69) is 36.3 Å². The van der Waals surface area contributed by atoms with Gasteiger partial charge in [0.15, 0.2) is 5.13 Å². The molecule has 1 aromatic heterocycles. The van der Waals surface area contributed by atoms with Gasteiger partial charge < -0.3 is 5.32 Å². The normalized spacial score (nSPS) is 16.0. The fourth-order valence-corrected chi connectivity index (χ4v) is 4.15. The van der Waals surface area contributed by atoms with E-state index >= 15 is 0 Å². The first-order valence-electron chi connectivity index (χ1n) is 7.98. The molecule has 1 N–H and O–H groups in total. The maximum absolute atomic E-state index is 12.6. The number of thioether (sulfide) groups is 1. The number of carbonyl (C=O) groups is 2. The Labute approximate surface area is 165 Å². The lowest BCUT2D eigenvalue weighted by Gasteiger charge is -2.13. The summed E-state index contributed by atoms with van der Waals surface area (Å²) in [5.74, 6) is -0.111. The Hall–Kier alpha value is -2.03. The van der Waals surface area contributed by atoms with Crippen molar-refractivity contribution in [1.82, 2.24) is 9.88 Å². The van der Waals surface area contributed by atoms with Crippen molar-refractivity contribution in [3.63, 3.8) is 0 Å². The van der Waals surface area contributed by atoms with E-state index in [9.17, 15) is 9.59 Å². The molecule has 3 rings (SSSR count). The fraction of sp³-hybridized carbons (Fsp3) is 0.222. The Balaban J connectivity index is 1.68. The van der Waals surface area contributed by atoms with Gasteiger partial charge in [0.05, 0.1) is 4.91 Å². The first-order valence-corrected chi connectivity index (χ1v) is 10.1. The van der Waals surface area contributed by atoms with Crippen LogP contribution in [0.15, 0.2) is 40.7 Å². The molecule has 0 bridgehead atoms. The Morgan fingerprint density at radius 1 is 1.35 bits per heavy atom. The molecule has 0 saturated carbocycles. The molecule has 0 aliphatic carbocycles. The van der Waals surface area contributed by atoms with Crippen LogP contribution in [0.5, 0.6) is 0 Å². The molecule has 1 aliphatic heterocycles. The number of nitrogens with zero attached hydrogens (tertiary/aromatic N) is 2. The van der Waals surface area contributed by atoms with Gasteiger partial charge in [0.2, 0.25) is 5.91 Å². The van der Waals surface area contributed by atoms with E-state index in [0.717, 1.165) is 5.56 Å². The molecule has 0 spiro atoms. The van der Waals surface area contributed by atoms with Crippen LogP contribution in [0, 0.1) is 0 Å². The van der Waals surface area contributed by atoms with E-state index in [4.69, 9.17) is 12.2 Å². The molecular formula is C18H17N3O2S3. The minimum atomic E-state index is -0.321. The molecule has 134 valence electrons. The second-order valence-corrected chi connectivity index (χ2v) is 8.54. The summed E-state index contributed by atoms with van der Waals surface area (Å²) in [5, 5.41) is 4.92. The lowest BCUT2D eigenvalue weighted by molar-refractivity contribution is -0.126. The van der Waals surface area contributed by atoms with E-state index < -0.39 is 0 Å².